The summed E-state index contributed by atoms with van der Waals surface area (Å²) in [4.78, 5) is 8.98. The van der Waals surface area contributed by atoms with Crippen molar-refractivity contribution in [3.05, 3.63) is 54.2 Å². The summed E-state index contributed by atoms with van der Waals surface area (Å²) in [5.41, 5.74) is 3.14. The molecular formula is C17H13N5OS. The van der Waals surface area contributed by atoms with E-state index in [2.05, 4.69) is 25.5 Å². The van der Waals surface area contributed by atoms with Gasteiger partial charge in [0.15, 0.2) is 5.13 Å². The van der Waals surface area contributed by atoms with Gasteiger partial charge in [-0.05, 0) is 25.1 Å². The smallest absolute Gasteiger partial charge is 0.249 e. The predicted molar refractivity (Wildman–Crippen MR) is 94.6 cm³/mol. The van der Waals surface area contributed by atoms with Crippen molar-refractivity contribution in [3.63, 3.8) is 0 Å². The number of nitrogens with one attached hydrogen (secondary N) is 1. The van der Waals surface area contributed by atoms with E-state index in [1.54, 1.807) is 18.3 Å². The lowest BCUT2D eigenvalue weighted by molar-refractivity contribution is 0.471. The first-order chi connectivity index (χ1) is 11.7. The molecule has 2 aromatic carbocycles. The molecule has 0 saturated heterocycles. The monoisotopic (exact) mass is 335 g/mol. The van der Waals surface area contributed by atoms with Crippen LogP contribution in [0.3, 0.4) is 0 Å². The van der Waals surface area contributed by atoms with Crippen LogP contribution in [0.1, 0.15) is 5.56 Å². The molecule has 2 aromatic heterocycles. The number of hydrogen-bond donors (Lipinski definition) is 2. The number of phenols is 1. The number of fused-ring (bicyclic) bond motifs is 1. The molecular weight excluding hydrogens is 322 g/mol. The number of hydrogen-bond acceptors (Lipinski definition) is 7. The molecule has 4 aromatic rings. The van der Waals surface area contributed by atoms with E-state index in [9.17, 15) is 5.11 Å². The van der Waals surface area contributed by atoms with Crippen LogP contribution in [0.25, 0.3) is 21.5 Å². The van der Waals surface area contributed by atoms with E-state index in [-0.39, 0.29) is 5.75 Å². The van der Waals surface area contributed by atoms with Crippen molar-refractivity contribution < 1.29 is 5.11 Å². The number of phenolic OH excluding ortho intramolecular Hbond substituents is 1. The van der Waals surface area contributed by atoms with Crippen LogP contribution >= 0.6 is 11.3 Å². The Morgan fingerprint density at radius 1 is 1.04 bits per heavy atom. The lowest BCUT2D eigenvalue weighted by Crippen LogP contribution is -2.00. The summed E-state index contributed by atoms with van der Waals surface area (Å²) in [6.45, 7) is 1.84. The van der Waals surface area contributed by atoms with Crippen LogP contribution in [0.2, 0.25) is 0 Å². The number of aromatic hydroxyl groups is 1. The third-order valence-electron chi connectivity index (χ3n) is 3.65. The van der Waals surface area contributed by atoms with E-state index in [1.807, 2.05) is 37.3 Å². The van der Waals surface area contributed by atoms with E-state index >= 15 is 0 Å². The van der Waals surface area contributed by atoms with Gasteiger partial charge in [0.2, 0.25) is 5.95 Å². The Hall–Kier alpha value is -3.06. The number of nitrogens with zero attached hydrogens (tertiary/aromatic N) is 4. The van der Waals surface area contributed by atoms with Crippen molar-refractivity contribution >= 4 is 32.6 Å². The molecule has 24 heavy (non-hydrogen) atoms. The lowest BCUT2D eigenvalue weighted by Gasteiger charge is -2.07. The van der Waals surface area contributed by atoms with E-state index in [4.69, 9.17) is 0 Å². The van der Waals surface area contributed by atoms with Crippen LogP contribution in [0.15, 0.2) is 48.7 Å². The maximum atomic E-state index is 9.86. The molecule has 0 fully saturated rings. The van der Waals surface area contributed by atoms with E-state index in [0.29, 0.717) is 16.8 Å². The molecule has 4 rings (SSSR count). The van der Waals surface area contributed by atoms with Crippen molar-refractivity contribution in [2.75, 3.05) is 5.32 Å². The van der Waals surface area contributed by atoms with Crippen molar-refractivity contribution in [3.8, 4) is 17.0 Å². The molecule has 0 atom stereocenters. The SMILES string of the molecule is Cc1c(O)cccc1-c1cnnc(Nc2nc3ccccc3s2)n1. The summed E-state index contributed by atoms with van der Waals surface area (Å²) in [6.07, 6.45) is 1.57. The molecule has 0 saturated carbocycles. The molecule has 0 bridgehead atoms. The number of aromatic nitrogens is 4. The summed E-state index contributed by atoms with van der Waals surface area (Å²) >= 11 is 1.53. The normalized spacial score (nSPS) is 10.9. The van der Waals surface area contributed by atoms with Gasteiger partial charge in [0.1, 0.15) is 5.75 Å². The fraction of sp³-hybridized carbons (Fsp3) is 0.0588. The fourth-order valence-electron chi connectivity index (χ4n) is 2.41. The van der Waals surface area contributed by atoms with E-state index in [0.717, 1.165) is 21.3 Å². The summed E-state index contributed by atoms with van der Waals surface area (Å²) < 4.78 is 1.09. The molecule has 0 unspecified atom stereocenters. The minimum Gasteiger partial charge on any atom is -0.508 e. The van der Waals surface area contributed by atoms with Gasteiger partial charge in [0, 0.05) is 11.1 Å². The van der Waals surface area contributed by atoms with Gasteiger partial charge < -0.3 is 5.11 Å². The first-order valence-corrected chi connectivity index (χ1v) is 8.13. The second-order valence-electron chi connectivity index (χ2n) is 5.23. The van der Waals surface area contributed by atoms with Crippen LogP contribution < -0.4 is 5.32 Å². The molecule has 0 spiro atoms. The van der Waals surface area contributed by atoms with Gasteiger partial charge >= 0.3 is 0 Å². The highest BCUT2D eigenvalue weighted by atomic mass is 32.1. The van der Waals surface area contributed by atoms with Gasteiger partial charge in [-0.2, -0.15) is 5.10 Å². The first-order valence-electron chi connectivity index (χ1n) is 7.32. The number of rotatable bonds is 3. The molecule has 0 aliphatic heterocycles. The highest BCUT2D eigenvalue weighted by Gasteiger charge is 2.10. The third-order valence-corrected chi connectivity index (χ3v) is 4.60. The van der Waals surface area contributed by atoms with Crippen molar-refractivity contribution in [2.24, 2.45) is 0 Å². The van der Waals surface area contributed by atoms with Crippen LogP contribution in [-0.2, 0) is 0 Å². The highest BCUT2D eigenvalue weighted by Crippen LogP contribution is 2.29. The molecule has 2 N–H and O–H groups in total. The zero-order chi connectivity index (χ0) is 16.5. The third kappa shape index (κ3) is 2.65. The minimum absolute atomic E-state index is 0.229. The fourth-order valence-corrected chi connectivity index (χ4v) is 3.27. The van der Waals surface area contributed by atoms with E-state index < -0.39 is 0 Å². The Kier molecular flexibility index (Phi) is 3.55. The van der Waals surface area contributed by atoms with E-state index in [1.165, 1.54) is 11.3 Å². The van der Waals surface area contributed by atoms with Crippen molar-refractivity contribution in [1.29, 1.82) is 0 Å². The summed E-state index contributed by atoms with van der Waals surface area (Å²) in [5.74, 6) is 0.598. The van der Waals surface area contributed by atoms with Gasteiger partial charge in [-0.1, -0.05) is 35.6 Å². The van der Waals surface area contributed by atoms with Crippen LogP contribution in [0.4, 0.5) is 11.1 Å². The average molecular weight is 335 g/mol. The quantitative estimate of drug-likeness (QED) is 0.590. The number of thiazole rings is 1. The summed E-state index contributed by atoms with van der Waals surface area (Å²) in [7, 11) is 0. The number of para-hydroxylation sites is 1. The topological polar surface area (TPSA) is 83.8 Å². The van der Waals surface area contributed by atoms with Crippen LogP contribution in [0.5, 0.6) is 5.75 Å². The number of benzene rings is 2. The molecule has 2 heterocycles. The molecule has 6 nitrogen and oxygen atoms in total. The zero-order valence-corrected chi connectivity index (χ0v) is 13.6. The Morgan fingerprint density at radius 3 is 2.79 bits per heavy atom. The Bertz CT molecular complexity index is 997. The van der Waals surface area contributed by atoms with Crippen LogP contribution in [0, 0.1) is 6.92 Å². The summed E-state index contributed by atoms with van der Waals surface area (Å²) in [5, 5.41) is 21.7. The molecule has 0 aliphatic carbocycles. The first kappa shape index (κ1) is 14.5. The predicted octanol–water partition coefficient (Wildman–Crippen LogP) is 3.91. The van der Waals surface area contributed by atoms with Gasteiger partial charge in [-0.15, -0.1) is 5.10 Å². The minimum atomic E-state index is 0.229. The van der Waals surface area contributed by atoms with Crippen LogP contribution in [-0.4, -0.2) is 25.3 Å². The van der Waals surface area contributed by atoms with Crippen molar-refractivity contribution in [2.45, 2.75) is 6.92 Å². The molecule has 7 heteroatoms. The second-order valence-corrected chi connectivity index (χ2v) is 6.26. The Balaban J connectivity index is 1.68. The molecule has 118 valence electrons. The zero-order valence-electron chi connectivity index (χ0n) is 12.8. The molecule has 0 amide bonds. The maximum absolute atomic E-state index is 9.86. The highest BCUT2D eigenvalue weighted by molar-refractivity contribution is 7.22. The maximum Gasteiger partial charge on any atom is 0.249 e. The number of anilines is 2. The van der Waals surface area contributed by atoms with Gasteiger partial charge in [-0.3, -0.25) is 5.32 Å². The Morgan fingerprint density at radius 2 is 1.92 bits per heavy atom. The molecule has 0 aliphatic rings. The second kappa shape index (κ2) is 5.86. The lowest BCUT2D eigenvalue weighted by atomic mass is 10.1. The van der Waals surface area contributed by atoms with Gasteiger partial charge in [-0.25, -0.2) is 9.97 Å². The van der Waals surface area contributed by atoms with Gasteiger partial charge in [0.05, 0.1) is 22.1 Å². The average Bonchev–Trinajstić information content (AvgIpc) is 3.00. The summed E-state index contributed by atoms with van der Waals surface area (Å²) in [6, 6.07) is 13.2. The largest absolute Gasteiger partial charge is 0.508 e. The standard InChI is InChI=1S/C17H13N5OS/c1-10-11(5-4-7-14(10)23)13-9-18-22-16(19-13)21-17-20-12-6-2-3-8-15(12)24-17/h2-9,23H,1H3,(H,19,20,21,22). The molecule has 0 radical (unpaired) electrons. The van der Waals surface area contributed by atoms with Crippen molar-refractivity contribution in [1.82, 2.24) is 20.2 Å². The Labute approximate surface area is 141 Å². The van der Waals surface area contributed by atoms with Gasteiger partial charge in [0.25, 0.3) is 0 Å².